The average molecular weight is 344 g/mol. The van der Waals surface area contributed by atoms with E-state index in [1.165, 1.54) is 0 Å². The summed E-state index contributed by atoms with van der Waals surface area (Å²) in [5, 5.41) is 0. The first-order valence-electron chi connectivity index (χ1n) is 8.36. The first kappa shape index (κ1) is 18.6. The second-order valence-corrected chi connectivity index (χ2v) is 5.33. The minimum absolute atomic E-state index is 0.217. The van der Waals surface area contributed by atoms with Crippen LogP contribution < -0.4 is 14.2 Å². The van der Waals surface area contributed by atoms with Crippen LogP contribution in [-0.4, -0.2) is 26.3 Å². The van der Waals surface area contributed by atoms with Crippen LogP contribution in [0.25, 0.3) is 0 Å². The lowest BCUT2D eigenvalue weighted by molar-refractivity contribution is -0.145. The number of carbonyl (C=O) groups is 1. The summed E-state index contributed by atoms with van der Waals surface area (Å²) in [5.41, 5.74) is 0.868. The molecule has 0 fully saturated rings. The van der Waals surface area contributed by atoms with Gasteiger partial charge in [0.2, 0.25) is 0 Å². The van der Waals surface area contributed by atoms with Gasteiger partial charge in [-0.25, -0.2) is 0 Å². The van der Waals surface area contributed by atoms with Gasteiger partial charge in [0.25, 0.3) is 0 Å². The zero-order valence-electron chi connectivity index (χ0n) is 14.7. The van der Waals surface area contributed by atoms with E-state index in [9.17, 15) is 4.79 Å². The van der Waals surface area contributed by atoms with E-state index in [-0.39, 0.29) is 12.6 Å². The molecule has 0 atom stereocenters. The van der Waals surface area contributed by atoms with Gasteiger partial charge in [-0.1, -0.05) is 18.2 Å². The molecule has 5 nitrogen and oxygen atoms in total. The van der Waals surface area contributed by atoms with Crippen LogP contribution >= 0.6 is 0 Å². The second kappa shape index (κ2) is 10.2. The van der Waals surface area contributed by atoms with Gasteiger partial charge in [-0.2, -0.15) is 0 Å². The number of ether oxygens (including phenoxy) is 4. The predicted octanol–water partition coefficient (Wildman–Crippen LogP) is 4.00. The van der Waals surface area contributed by atoms with Crippen molar-refractivity contribution < 1.29 is 23.7 Å². The summed E-state index contributed by atoms with van der Waals surface area (Å²) in [6.45, 7) is 3.17. The number of para-hydroxylation sites is 1. The molecule has 0 aliphatic rings. The Hall–Kier alpha value is -2.69. The van der Waals surface area contributed by atoms with Crippen molar-refractivity contribution in [1.29, 1.82) is 0 Å². The van der Waals surface area contributed by atoms with Crippen LogP contribution in [0.4, 0.5) is 0 Å². The van der Waals surface area contributed by atoms with Crippen LogP contribution in [0.1, 0.15) is 25.3 Å². The number of carbonyl (C=O) groups excluding carboxylic acids is 1. The maximum Gasteiger partial charge on any atom is 0.306 e. The van der Waals surface area contributed by atoms with Gasteiger partial charge in [-0.05, 0) is 43.7 Å². The van der Waals surface area contributed by atoms with Crippen LogP contribution in [0.15, 0.2) is 48.5 Å². The Morgan fingerprint density at radius 3 is 2.40 bits per heavy atom. The van der Waals surface area contributed by atoms with Crippen molar-refractivity contribution >= 4 is 5.97 Å². The fourth-order valence-corrected chi connectivity index (χ4v) is 2.23. The van der Waals surface area contributed by atoms with Gasteiger partial charge < -0.3 is 18.9 Å². The van der Waals surface area contributed by atoms with Gasteiger partial charge in [0, 0.05) is 12.0 Å². The van der Waals surface area contributed by atoms with E-state index in [1.807, 2.05) is 55.5 Å². The van der Waals surface area contributed by atoms with Crippen molar-refractivity contribution in [3.8, 4) is 17.2 Å². The first-order chi connectivity index (χ1) is 12.2. The maximum atomic E-state index is 11.8. The molecule has 0 aromatic heterocycles. The summed E-state index contributed by atoms with van der Waals surface area (Å²) in [4.78, 5) is 11.8. The summed E-state index contributed by atoms with van der Waals surface area (Å²) in [7, 11) is 1.62. The highest BCUT2D eigenvalue weighted by Gasteiger charge is 2.07. The molecule has 0 spiro atoms. The molecule has 5 heteroatoms. The molecular formula is C20H24O5. The van der Waals surface area contributed by atoms with Crippen molar-refractivity contribution in [2.45, 2.75) is 26.4 Å². The molecule has 0 unspecified atom stereocenters. The lowest BCUT2D eigenvalue weighted by atomic mass is 10.2. The quantitative estimate of drug-likeness (QED) is 0.482. The summed E-state index contributed by atoms with van der Waals surface area (Å²) < 4.78 is 21.5. The number of benzene rings is 2. The number of hydrogen-bond acceptors (Lipinski definition) is 5. The van der Waals surface area contributed by atoms with Crippen molar-refractivity contribution in [2.24, 2.45) is 0 Å². The van der Waals surface area contributed by atoms with Crippen molar-refractivity contribution in [1.82, 2.24) is 0 Å². The molecule has 0 aliphatic carbocycles. The van der Waals surface area contributed by atoms with Crippen molar-refractivity contribution in [3.63, 3.8) is 0 Å². The third kappa shape index (κ3) is 6.37. The predicted molar refractivity (Wildman–Crippen MR) is 95.1 cm³/mol. The highest BCUT2D eigenvalue weighted by Crippen LogP contribution is 2.19. The standard InChI is InChI=1S/C20H24O5/c1-3-23-19-8-5-4-7-16(19)15-25-20(21)9-6-14-24-18-12-10-17(22-2)11-13-18/h4-5,7-8,10-13H,3,6,9,14-15H2,1-2H3. The molecule has 2 aromatic rings. The fourth-order valence-electron chi connectivity index (χ4n) is 2.23. The molecule has 0 saturated heterocycles. The molecule has 0 saturated carbocycles. The molecule has 2 aromatic carbocycles. The Morgan fingerprint density at radius 1 is 0.960 bits per heavy atom. The molecule has 0 heterocycles. The van der Waals surface area contributed by atoms with Crippen LogP contribution in [0.5, 0.6) is 17.2 Å². The van der Waals surface area contributed by atoms with Crippen LogP contribution in [0.3, 0.4) is 0 Å². The molecular weight excluding hydrogens is 320 g/mol. The Bertz CT molecular complexity index is 651. The van der Waals surface area contributed by atoms with Gasteiger partial charge in [0.05, 0.1) is 20.3 Å². The third-order valence-electron chi connectivity index (χ3n) is 3.51. The minimum atomic E-state index is -0.246. The van der Waals surface area contributed by atoms with E-state index in [2.05, 4.69) is 0 Å². The zero-order chi connectivity index (χ0) is 17.9. The van der Waals surface area contributed by atoms with E-state index in [1.54, 1.807) is 7.11 Å². The summed E-state index contributed by atoms with van der Waals surface area (Å²) in [5.74, 6) is 2.04. The van der Waals surface area contributed by atoms with E-state index in [0.717, 1.165) is 22.8 Å². The molecule has 25 heavy (non-hydrogen) atoms. The van der Waals surface area contributed by atoms with Gasteiger partial charge in [-0.15, -0.1) is 0 Å². The van der Waals surface area contributed by atoms with Crippen LogP contribution in [0, 0.1) is 0 Å². The normalized spacial score (nSPS) is 10.2. The Labute approximate surface area is 148 Å². The summed E-state index contributed by atoms with van der Waals surface area (Å²) >= 11 is 0. The number of methoxy groups -OCH3 is 1. The lowest BCUT2D eigenvalue weighted by Gasteiger charge is -2.10. The fraction of sp³-hybridized carbons (Fsp3) is 0.350. The largest absolute Gasteiger partial charge is 0.497 e. The molecule has 0 bridgehead atoms. The monoisotopic (exact) mass is 344 g/mol. The Balaban J connectivity index is 1.67. The van der Waals surface area contributed by atoms with E-state index in [4.69, 9.17) is 18.9 Å². The van der Waals surface area contributed by atoms with Crippen molar-refractivity contribution in [3.05, 3.63) is 54.1 Å². The average Bonchev–Trinajstić information content (AvgIpc) is 2.65. The van der Waals surface area contributed by atoms with Gasteiger partial charge >= 0.3 is 5.97 Å². The topological polar surface area (TPSA) is 54.0 Å². The molecule has 0 radical (unpaired) electrons. The molecule has 0 aliphatic heterocycles. The number of rotatable bonds is 10. The van der Waals surface area contributed by atoms with Crippen LogP contribution in [-0.2, 0) is 16.1 Å². The Kier molecular flexibility index (Phi) is 7.63. The molecule has 134 valence electrons. The number of esters is 1. The zero-order valence-corrected chi connectivity index (χ0v) is 14.7. The number of hydrogen-bond donors (Lipinski definition) is 0. The van der Waals surface area contributed by atoms with Crippen LogP contribution in [0.2, 0.25) is 0 Å². The maximum absolute atomic E-state index is 11.8. The van der Waals surface area contributed by atoms with E-state index < -0.39 is 0 Å². The smallest absolute Gasteiger partial charge is 0.306 e. The molecule has 0 amide bonds. The Morgan fingerprint density at radius 2 is 1.68 bits per heavy atom. The minimum Gasteiger partial charge on any atom is -0.497 e. The van der Waals surface area contributed by atoms with Gasteiger partial charge in [-0.3, -0.25) is 4.79 Å². The highest BCUT2D eigenvalue weighted by molar-refractivity contribution is 5.69. The third-order valence-corrected chi connectivity index (χ3v) is 3.51. The SMILES string of the molecule is CCOc1ccccc1COC(=O)CCCOc1ccc(OC)cc1. The van der Waals surface area contributed by atoms with Gasteiger partial charge in [0.1, 0.15) is 23.9 Å². The summed E-state index contributed by atoms with van der Waals surface area (Å²) in [6.07, 6.45) is 0.908. The summed E-state index contributed by atoms with van der Waals surface area (Å²) in [6, 6.07) is 14.9. The van der Waals surface area contributed by atoms with Gasteiger partial charge in [0.15, 0.2) is 0 Å². The van der Waals surface area contributed by atoms with E-state index >= 15 is 0 Å². The first-order valence-corrected chi connectivity index (χ1v) is 8.36. The van der Waals surface area contributed by atoms with Crippen molar-refractivity contribution in [2.75, 3.05) is 20.3 Å². The molecule has 2 rings (SSSR count). The molecule has 0 N–H and O–H groups in total. The highest BCUT2D eigenvalue weighted by atomic mass is 16.5. The second-order valence-electron chi connectivity index (χ2n) is 5.33. The lowest BCUT2D eigenvalue weighted by Crippen LogP contribution is -2.08. The van der Waals surface area contributed by atoms with E-state index in [0.29, 0.717) is 26.1 Å².